The highest BCUT2D eigenvalue weighted by Crippen LogP contribution is 2.35. The van der Waals surface area contributed by atoms with Crippen LogP contribution in [0, 0.1) is 6.92 Å². The molecule has 1 aliphatic rings. The van der Waals surface area contributed by atoms with E-state index in [1.54, 1.807) is 19.3 Å². The number of amides is 1. The van der Waals surface area contributed by atoms with Gasteiger partial charge < -0.3 is 14.5 Å². The molecule has 6 heteroatoms. The molecule has 2 heterocycles. The van der Waals surface area contributed by atoms with E-state index in [9.17, 15) is 9.59 Å². The Labute approximate surface area is 168 Å². The Balaban J connectivity index is 1.61. The van der Waals surface area contributed by atoms with Crippen LogP contribution >= 0.6 is 0 Å². The summed E-state index contributed by atoms with van der Waals surface area (Å²) >= 11 is 0. The lowest BCUT2D eigenvalue weighted by atomic mass is 9.90. The normalized spacial score (nSPS) is 14.3. The van der Waals surface area contributed by atoms with E-state index in [-0.39, 0.29) is 11.5 Å². The second kappa shape index (κ2) is 8.07. The zero-order valence-corrected chi connectivity index (χ0v) is 16.7. The van der Waals surface area contributed by atoms with Crippen molar-refractivity contribution in [2.75, 3.05) is 0 Å². The van der Waals surface area contributed by atoms with Crippen molar-refractivity contribution in [3.8, 4) is 5.75 Å². The van der Waals surface area contributed by atoms with Crippen molar-refractivity contribution in [3.05, 3.63) is 69.3 Å². The maximum absolute atomic E-state index is 12.6. The standard InChI is InChI=1S/C23H24N2O4/c1-14-11-19(28-15(2)22(26)25-13-16-7-9-24-10-8-16)21-17-5-3-4-6-18(17)23(27)29-20(21)12-14/h7-12,15H,3-6,13H2,1-2H3,(H,25,26)/t15-/m1/s1. The number of carbonyl (C=O) groups is 1. The van der Waals surface area contributed by atoms with Gasteiger partial charge >= 0.3 is 5.63 Å². The molecule has 0 saturated carbocycles. The largest absolute Gasteiger partial charge is 0.480 e. The number of nitrogens with one attached hydrogen (secondary N) is 1. The number of hydrogen-bond donors (Lipinski definition) is 1. The van der Waals surface area contributed by atoms with Gasteiger partial charge in [-0.1, -0.05) is 0 Å². The van der Waals surface area contributed by atoms with E-state index in [1.165, 1.54) is 0 Å². The fourth-order valence-corrected chi connectivity index (χ4v) is 3.84. The van der Waals surface area contributed by atoms with E-state index in [0.717, 1.165) is 53.3 Å². The average molecular weight is 392 g/mol. The van der Waals surface area contributed by atoms with E-state index in [1.807, 2.05) is 31.2 Å². The highest BCUT2D eigenvalue weighted by atomic mass is 16.5. The molecule has 1 aromatic carbocycles. The Bertz CT molecular complexity index is 1110. The first kappa shape index (κ1) is 19.2. The number of benzene rings is 1. The van der Waals surface area contributed by atoms with Crippen LogP contribution in [0.5, 0.6) is 5.75 Å². The Morgan fingerprint density at radius 3 is 2.69 bits per heavy atom. The van der Waals surface area contributed by atoms with Crippen LogP contribution < -0.4 is 15.7 Å². The molecule has 4 rings (SSSR count). The van der Waals surface area contributed by atoms with Gasteiger partial charge in [-0.05, 0) is 80.5 Å². The van der Waals surface area contributed by atoms with Crippen molar-refractivity contribution in [1.82, 2.24) is 10.3 Å². The molecular formula is C23H24N2O4. The fraction of sp³-hybridized carbons (Fsp3) is 0.348. The molecule has 6 nitrogen and oxygen atoms in total. The van der Waals surface area contributed by atoms with Crippen molar-refractivity contribution in [2.24, 2.45) is 0 Å². The minimum absolute atomic E-state index is 0.206. The quantitative estimate of drug-likeness (QED) is 0.673. The SMILES string of the molecule is Cc1cc(O[C@H](C)C(=O)NCc2ccncc2)c2c3c(c(=O)oc2c1)CCCC3. The second-order valence-electron chi connectivity index (χ2n) is 7.52. The number of carbonyl (C=O) groups excluding carboxylic acids is 1. The third kappa shape index (κ3) is 4.01. The molecule has 29 heavy (non-hydrogen) atoms. The van der Waals surface area contributed by atoms with Crippen molar-refractivity contribution in [3.63, 3.8) is 0 Å². The number of pyridine rings is 1. The summed E-state index contributed by atoms with van der Waals surface area (Å²) in [5.41, 5.74) is 3.89. The molecule has 1 amide bonds. The first-order valence-corrected chi connectivity index (χ1v) is 9.95. The van der Waals surface area contributed by atoms with E-state index >= 15 is 0 Å². The lowest BCUT2D eigenvalue weighted by molar-refractivity contribution is -0.127. The first-order valence-electron chi connectivity index (χ1n) is 9.95. The van der Waals surface area contributed by atoms with Gasteiger partial charge in [-0.25, -0.2) is 4.79 Å². The summed E-state index contributed by atoms with van der Waals surface area (Å²) < 4.78 is 11.7. The highest BCUT2D eigenvalue weighted by Gasteiger charge is 2.23. The van der Waals surface area contributed by atoms with Gasteiger partial charge in [-0.15, -0.1) is 0 Å². The van der Waals surface area contributed by atoms with Crippen LogP contribution in [0.2, 0.25) is 0 Å². The Morgan fingerprint density at radius 2 is 1.93 bits per heavy atom. The number of nitrogens with zero attached hydrogens (tertiary/aromatic N) is 1. The van der Waals surface area contributed by atoms with Gasteiger partial charge in [0.1, 0.15) is 11.3 Å². The van der Waals surface area contributed by atoms with Crippen LogP contribution in [0.1, 0.15) is 42.0 Å². The molecule has 0 saturated heterocycles. The molecule has 0 unspecified atom stereocenters. The van der Waals surface area contributed by atoms with Gasteiger partial charge in [0.05, 0.1) is 5.39 Å². The monoisotopic (exact) mass is 392 g/mol. The van der Waals surface area contributed by atoms with Crippen LogP contribution in [0.25, 0.3) is 11.0 Å². The van der Waals surface area contributed by atoms with Crippen molar-refractivity contribution in [1.29, 1.82) is 0 Å². The Morgan fingerprint density at radius 1 is 1.21 bits per heavy atom. The summed E-state index contributed by atoms with van der Waals surface area (Å²) in [7, 11) is 0. The predicted molar refractivity (Wildman–Crippen MR) is 110 cm³/mol. The van der Waals surface area contributed by atoms with Crippen molar-refractivity contribution >= 4 is 16.9 Å². The molecule has 3 aromatic rings. The van der Waals surface area contributed by atoms with E-state index < -0.39 is 6.10 Å². The number of hydrogen-bond acceptors (Lipinski definition) is 5. The second-order valence-corrected chi connectivity index (χ2v) is 7.52. The topological polar surface area (TPSA) is 81.4 Å². The Kier molecular flexibility index (Phi) is 5.34. The lowest BCUT2D eigenvalue weighted by Gasteiger charge is -2.21. The van der Waals surface area contributed by atoms with Crippen LogP contribution in [-0.2, 0) is 24.2 Å². The third-order valence-electron chi connectivity index (χ3n) is 5.32. The molecule has 0 fully saturated rings. The number of aryl methyl sites for hydroxylation is 2. The zero-order valence-electron chi connectivity index (χ0n) is 16.7. The minimum Gasteiger partial charge on any atom is -0.480 e. The van der Waals surface area contributed by atoms with Crippen LogP contribution in [0.3, 0.4) is 0 Å². The maximum Gasteiger partial charge on any atom is 0.339 e. The van der Waals surface area contributed by atoms with Gasteiger partial charge in [0.2, 0.25) is 0 Å². The highest BCUT2D eigenvalue weighted by molar-refractivity contribution is 5.89. The smallest absolute Gasteiger partial charge is 0.339 e. The molecule has 1 N–H and O–H groups in total. The summed E-state index contributed by atoms with van der Waals surface area (Å²) in [5.74, 6) is 0.385. The molecule has 150 valence electrons. The molecule has 1 aliphatic carbocycles. The van der Waals surface area contributed by atoms with E-state index in [2.05, 4.69) is 10.3 Å². The van der Waals surface area contributed by atoms with E-state index in [0.29, 0.717) is 17.9 Å². The summed E-state index contributed by atoms with van der Waals surface area (Å²) in [6, 6.07) is 7.47. The maximum atomic E-state index is 12.6. The van der Waals surface area contributed by atoms with Crippen LogP contribution in [0.4, 0.5) is 0 Å². The molecule has 0 aliphatic heterocycles. The first-order chi connectivity index (χ1) is 14.0. The molecule has 0 bridgehead atoms. The average Bonchev–Trinajstić information content (AvgIpc) is 2.72. The predicted octanol–water partition coefficient (Wildman–Crippen LogP) is 3.46. The number of ether oxygens (including phenoxy) is 1. The third-order valence-corrected chi connectivity index (χ3v) is 5.32. The van der Waals surface area contributed by atoms with Gasteiger partial charge in [0.25, 0.3) is 5.91 Å². The molecule has 0 spiro atoms. The van der Waals surface area contributed by atoms with Crippen LogP contribution in [0.15, 0.2) is 45.9 Å². The summed E-state index contributed by atoms with van der Waals surface area (Å²) in [5, 5.41) is 3.71. The minimum atomic E-state index is -0.687. The Hall–Kier alpha value is -3.15. The summed E-state index contributed by atoms with van der Waals surface area (Å²) in [4.78, 5) is 28.9. The van der Waals surface area contributed by atoms with Crippen molar-refractivity contribution < 1.29 is 13.9 Å². The molecular weight excluding hydrogens is 368 g/mol. The van der Waals surface area contributed by atoms with Gasteiger partial charge in [-0.2, -0.15) is 0 Å². The fourth-order valence-electron chi connectivity index (χ4n) is 3.84. The number of aromatic nitrogens is 1. The number of rotatable bonds is 5. The lowest BCUT2D eigenvalue weighted by Crippen LogP contribution is -2.36. The van der Waals surface area contributed by atoms with E-state index in [4.69, 9.17) is 9.15 Å². The van der Waals surface area contributed by atoms with Gasteiger partial charge in [0, 0.05) is 24.5 Å². The van der Waals surface area contributed by atoms with Crippen LogP contribution in [-0.4, -0.2) is 17.0 Å². The molecule has 1 atom stereocenters. The number of fused-ring (bicyclic) bond motifs is 3. The van der Waals surface area contributed by atoms with Crippen molar-refractivity contribution in [2.45, 2.75) is 52.2 Å². The molecule has 0 radical (unpaired) electrons. The molecule has 2 aromatic heterocycles. The van der Waals surface area contributed by atoms with Gasteiger partial charge in [-0.3, -0.25) is 9.78 Å². The summed E-state index contributed by atoms with van der Waals surface area (Å²) in [6.07, 6.45) is 6.25. The van der Waals surface area contributed by atoms with Gasteiger partial charge in [0.15, 0.2) is 6.10 Å². The zero-order chi connectivity index (χ0) is 20.4. The summed E-state index contributed by atoms with van der Waals surface area (Å²) in [6.45, 7) is 4.05.